The second-order valence-corrected chi connectivity index (χ2v) is 7.70. The average Bonchev–Trinajstić information content (AvgIpc) is 2.51. The minimum Gasteiger partial charge on any atom is -0.370 e. The van der Waals surface area contributed by atoms with Gasteiger partial charge in [0, 0.05) is 17.9 Å². The second kappa shape index (κ2) is 7.53. The van der Waals surface area contributed by atoms with Crippen LogP contribution in [-0.4, -0.2) is 18.7 Å². The van der Waals surface area contributed by atoms with E-state index in [9.17, 15) is 5.26 Å². The lowest BCUT2D eigenvalue weighted by atomic mass is 9.86. The Morgan fingerprint density at radius 3 is 2.33 bits per heavy atom. The molecule has 2 rings (SSSR count). The maximum atomic E-state index is 9.92. The van der Waals surface area contributed by atoms with Crippen molar-refractivity contribution in [3.8, 4) is 6.07 Å². The lowest BCUT2D eigenvalue weighted by Crippen LogP contribution is -2.39. The fourth-order valence-electron chi connectivity index (χ4n) is 3.55. The Balaban J connectivity index is 2.67. The van der Waals surface area contributed by atoms with Crippen molar-refractivity contribution in [3.05, 3.63) is 22.4 Å². The van der Waals surface area contributed by atoms with Crippen LogP contribution in [-0.2, 0) is 17.8 Å². The number of nitrogens with zero attached hydrogens (tertiary/aromatic N) is 2. The third kappa shape index (κ3) is 3.72. The maximum Gasteiger partial charge on any atom is 0.293 e. The van der Waals surface area contributed by atoms with Crippen LogP contribution in [0.25, 0.3) is 0 Å². The van der Waals surface area contributed by atoms with E-state index in [-0.39, 0.29) is 5.60 Å². The molecular weight excluding hydrogens is 298 g/mol. The van der Waals surface area contributed by atoms with Gasteiger partial charge in [0.1, 0.15) is 17.3 Å². The second-order valence-electron chi connectivity index (χ2n) is 7.70. The number of nitrogens with one attached hydrogen (secondary N) is 1. The topological polar surface area (TPSA) is 50.4 Å². The smallest absolute Gasteiger partial charge is 0.293 e. The fraction of sp³-hybridized carbons (Fsp3) is 0.700. The summed E-state index contributed by atoms with van der Waals surface area (Å²) in [6.45, 7) is 15.5. The molecule has 2 heterocycles. The molecule has 24 heavy (non-hydrogen) atoms. The summed E-state index contributed by atoms with van der Waals surface area (Å²) in [7, 11) is 0. The number of fused-ring (bicyclic) bond motifs is 1. The van der Waals surface area contributed by atoms with Crippen LogP contribution in [0, 0.1) is 11.3 Å². The van der Waals surface area contributed by atoms with E-state index in [0.29, 0.717) is 12.5 Å². The van der Waals surface area contributed by atoms with Gasteiger partial charge in [0.05, 0.1) is 25.3 Å². The number of H-pyrrole nitrogens is 1. The third-order valence-corrected chi connectivity index (χ3v) is 4.68. The zero-order valence-electron chi connectivity index (χ0n) is 16.1. The molecule has 1 aromatic heterocycles. The van der Waals surface area contributed by atoms with Crippen molar-refractivity contribution in [3.63, 3.8) is 0 Å². The first kappa shape index (κ1) is 18.7. The Hall–Kier alpha value is -1.60. The summed E-state index contributed by atoms with van der Waals surface area (Å²) >= 11 is 0. The summed E-state index contributed by atoms with van der Waals surface area (Å²) in [6.07, 6.45) is 2.93. The zero-order chi connectivity index (χ0) is 17.9. The molecule has 4 nitrogen and oxygen atoms in total. The van der Waals surface area contributed by atoms with E-state index in [2.05, 4.69) is 57.5 Å². The average molecular weight is 330 g/mol. The van der Waals surface area contributed by atoms with Gasteiger partial charge in [-0.05, 0) is 32.3 Å². The molecule has 0 bridgehead atoms. The molecule has 0 aliphatic carbocycles. The van der Waals surface area contributed by atoms with Crippen LogP contribution in [0.4, 0.5) is 5.82 Å². The van der Waals surface area contributed by atoms with Crippen LogP contribution < -0.4 is 9.88 Å². The number of rotatable bonds is 6. The first-order valence-electron chi connectivity index (χ1n) is 9.24. The molecule has 0 atom stereocenters. The Labute approximate surface area is 146 Å². The van der Waals surface area contributed by atoms with Crippen LogP contribution in [0.3, 0.4) is 0 Å². The minimum absolute atomic E-state index is 0.216. The molecule has 0 spiro atoms. The van der Waals surface area contributed by atoms with E-state index in [1.165, 1.54) is 16.8 Å². The Morgan fingerprint density at radius 2 is 1.83 bits per heavy atom. The van der Waals surface area contributed by atoms with Crippen molar-refractivity contribution in [2.24, 2.45) is 0 Å². The van der Waals surface area contributed by atoms with Crippen molar-refractivity contribution in [2.75, 3.05) is 18.0 Å². The van der Waals surface area contributed by atoms with E-state index in [4.69, 9.17) is 4.74 Å². The van der Waals surface area contributed by atoms with Crippen molar-refractivity contribution >= 4 is 5.82 Å². The van der Waals surface area contributed by atoms with Gasteiger partial charge in [-0.1, -0.05) is 27.7 Å². The number of ether oxygens (including phenoxy) is 1. The monoisotopic (exact) mass is 330 g/mol. The summed E-state index contributed by atoms with van der Waals surface area (Å²) in [5.74, 6) is 1.38. The predicted octanol–water partition coefficient (Wildman–Crippen LogP) is 3.97. The molecule has 1 aromatic rings. The molecule has 1 aliphatic rings. The van der Waals surface area contributed by atoms with E-state index >= 15 is 0 Å². The van der Waals surface area contributed by atoms with Gasteiger partial charge in [-0.25, -0.2) is 4.98 Å². The molecule has 4 heteroatoms. The first-order valence-corrected chi connectivity index (χ1v) is 9.24. The van der Waals surface area contributed by atoms with Gasteiger partial charge in [0.25, 0.3) is 5.82 Å². The normalized spacial score (nSPS) is 15.9. The number of nitriles is 1. The molecule has 0 aromatic carbocycles. The van der Waals surface area contributed by atoms with Crippen molar-refractivity contribution < 1.29 is 9.72 Å². The van der Waals surface area contributed by atoms with Gasteiger partial charge in [-0.3, -0.25) is 4.90 Å². The highest BCUT2D eigenvalue weighted by atomic mass is 16.5. The molecule has 1 aliphatic heterocycles. The number of aromatic nitrogens is 1. The van der Waals surface area contributed by atoms with Crippen molar-refractivity contribution in [1.82, 2.24) is 0 Å². The highest BCUT2D eigenvalue weighted by Gasteiger charge is 2.35. The molecular formula is C20H32N3O+. The van der Waals surface area contributed by atoms with Gasteiger partial charge >= 0.3 is 0 Å². The molecule has 0 radical (unpaired) electrons. The highest BCUT2D eigenvalue weighted by molar-refractivity contribution is 5.58. The lowest BCUT2D eigenvalue weighted by molar-refractivity contribution is -0.380. The fourth-order valence-corrected chi connectivity index (χ4v) is 3.55. The summed E-state index contributed by atoms with van der Waals surface area (Å²) in [5.41, 5.74) is 4.19. The van der Waals surface area contributed by atoms with Gasteiger partial charge in [-0.15, -0.1) is 0 Å². The van der Waals surface area contributed by atoms with Gasteiger partial charge in [0.15, 0.2) is 0 Å². The highest BCUT2D eigenvalue weighted by Crippen LogP contribution is 2.35. The van der Waals surface area contributed by atoms with Crippen LogP contribution in [0.5, 0.6) is 0 Å². The molecule has 0 fully saturated rings. The van der Waals surface area contributed by atoms with E-state index in [0.717, 1.165) is 43.7 Å². The van der Waals surface area contributed by atoms with Crippen LogP contribution in [0.1, 0.15) is 82.7 Å². The Bertz CT molecular complexity index is 623. The first-order chi connectivity index (χ1) is 11.3. The van der Waals surface area contributed by atoms with Gasteiger partial charge in [0.2, 0.25) is 0 Å². The summed E-state index contributed by atoms with van der Waals surface area (Å²) in [6, 6.07) is 2.50. The summed E-state index contributed by atoms with van der Waals surface area (Å²) < 4.78 is 6.03. The molecule has 0 saturated heterocycles. The standard InChI is InChI=1S/C20H31N3O/c1-7-9-23(10-8-2)19-16(12-21)15-11-20(5,6)24-13-17(15)18(22-19)14(3)4/h14H,7-11,13H2,1-6H3/p+1. The Morgan fingerprint density at radius 1 is 1.21 bits per heavy atom. The molecule has 132 valence electrons. The van der Waals surface area contributed by atoms with Gasteiger partial charge in [-0.2, -0.15) is 5.26 Å². The SMILES string of the molecule is CCCN(CCC)c1[nH+]c(C(C)C)c2c(c1C#N)CC(C)(C)OC2. The predicted molar refractivity (Wildman–Crippen MR) is 97.2 cm³/mol. The maximum absolute atomic E-state index is 9.92. The Kier molecular flexibility index (Phi) is 5.87. The van der Waals surface area contributed by atoms with E-state index in [1.54, 1.807) is 0 Å². The van der Waals surface area contributed by atoms with Crippen LogP contribution in [0.2, 0.25) is 0 Å². The van der Waals surface area contributed by atoms with Crippen molar-refractivity contribution in [1.29, 1.82) is 5.26 Å². The number of hydrogen-bond acceptors (Lipinski definition) is 3. The summed E-state index contributed by atoms with van der Waals surface area (Å²) in [5, 5.41) is 9.92. The number of pyridine rings is 1. The third-order valence-electron chi connectivity index (χ3n) is 4.68. The zero-order valence-corrected chi connectivity index (χ0v) is 16.1. The van der Waals surface area contributed by atoms with E-state index < -0.39 is 0 Å². The van der Waals surface area contributed by atoms with E-state index in [1.807, 2.05) is 0 Å². The molecule has 0 saturated carbocycles. The van der Waals surface area contributed by atoms with Gasteiger partial charge < -0.3 is 4.74 Å². The number of anilines is 1. The molecule has 0 unspecified atom stereocenters. The van der Waals surface area contributed by atoms with Crippen LogP contribution >= 0.6 is 0 Å². The lowest BCUT2D eigenvalue weighted by Gasteiger charge is -2.34. The number of hydrogen-bond donors (Lipinski definition) is 0. The van der Waals surface area contributed by atoms with Crippen LogP contribution in [0.15, 0.2) is 0 Å². The minimum atomic E-state index is -0.216. The summed E-state index contributed by atoms with van der Waals surface area (Å²) in [4.78, 5) is 5.95. The largest absolute Gasteiger partial charge is 0.370 e. The number of aromatic amines is 1. The van der Waals surface area contributed by atoms with Crippen molar-refractivity contribution in [2.45, 2.75) is 78.9 Å². The molecule has 0 amide bonds. The quantitative estimate of drug-likeness (QED) is 0.793. The molecule has 1 N–H and O–H groups in total.